The minimum atomic E-state index is -3.73. The first-order chi connectivity index (χ1) is 11.9. The second kappa shape index (κ2) is 6.93. The molecule has 1 aromatic heterocycles. The Morgan fingerprint density at radius 2 is 2.04 bits per heavy atom. The van der Waals surface area contributed by atoms with Gasteiger partial charge >= 0.3 is 0 Å². The maximum Gasteiger partial charge on any atom is 0.243 e. The first-order valence-corrected chi connectivity index (χ1v) is 9.44. The van der Waals surface area contributed by atoms with Crippen LogP contribution in [-0.2, 0) is 21.4 Å². The maximum absolute atomic E-state index is 13.0. The van der Waals surface area contributed by atoms with Crippen LogP contribution in [0.15, 0.2) is 41.4 Å². The highest BCUT2D eigenvalue weighted by Gasteiger charge is 2.36. The third kappa shape index (κ3) is 3.72. The number of carbonyl (C=O) groups excluding carboxylic acids is 1. The number of carbonyl (C=O) groups is 1. The average Bonchev–Trinajstić information content (AvgIpc) is 3.24. The monoisotopic (exact) mass is 366 g/mol. The number of sulfonamides is 1. The zero-order chi connectivity index (χ0) is 18.0. The van der Waals surface area contributed by atoms with Crippen molar-refractivity contribution in [1.82, 2.24) is 14.1 Å². The molecule has 0 unspecified atom stereocenters. The third-order valence-corrected chi connectivity index (χ3v) is 6.07. The van der Waals surface area contributed by atoms with Gasteiger partial charge in [-0.25, -0.2) is 12.8 Å². The maximum atomic E-state index is 13.0. The fourth-order valence-corrected chi connectivity index (χ4v) is 4.25. The van der Waals surface area contributed by atoms with Crippen molar-refractivity contribution in [2.24, 2.45) is 5.92 Å². The first-order valence-electron chi connectivity index (χ1n) is 8.00. The third-order valence-electron chi connectivity index (χ3n) is 4.19. The van der Waals surface area contributed by atoms with Crippen molar-refractivity contribution in [2.75, 3.05) is 18.4 Å². The summed E-state index contributed by atoms with van der Waals surface area (Å²) in [6.07, 6.45) is 2.19. The molecule has 1 saturated heterocycles. The van der Waals surface area contributed by atoms with Gasteiger partial charge in [0.15, 0.2) is 5.82 Å². The van der Waals surface area contributed by atoms with E-state index in [9.17, 15) is 17.6 Å². The van der Waals surface area contributed by atoms with Crippen LogP contribution in [0, 0.1) is 11.7 Å². The van der Waals surface area contributed by atoms with Crippen LogP contribution < -0.4 is 5.32 Å². The number of nitrogens with zero attached hydrogens (tertiary/aromatic N) is 3. The van der Waals surface area contributed by atoms with Gasteiger partial charge in [0.1, 0.15) is 5.82 Å². The van der Waals surface area contributed by atoms with E-state index < -0.39 is 21.8 Å². The van der Waals surface area contributed by atoms with Crippen molar-refractivity contribution >= 4 is 21.7 Å². The number of benzene rings is 1. The van der Waals surface area contributed by atoms with Gasteiger partial charge in [-0.05, 0) is 37.6 Å². The molecular formula is C16H19FN4O3S. The van der Waals surface area contributed by atoms with Gasteiger partial charge in [0.05, 0.1) is 10.8 Å². The molecule has 2 aromatic rings. The Morgan fingerprint density at radius 1 is 1.32 bits per heavy atom. The molecule has 7 nitrogen and oxygen atoms in total. The molecule has 1 aromatic carbocycles. The number of anilines is 1. The largest absolute Gasteiger partial charge is 0.309 e. The summed E-state index contributed by atoms with van der Waals surface area (Å²) >= 11 is 0. The molecule has 0 saturated carbocycles. The van der Waals surface area contributed by atoms with Crippen molar-refractivity contribution in [3.05, 3.63) is 42.3 Å². The van der Waals surface area contributed by atoms with Gasteiger partial charge in [-0.3, -0.25) is 9.48 Å². The lowest BCUT2D eigenvalue weighted by molar-refractivity contribution is -0.119. The Morgan fingerprint density at radius 3 is 2.68 bits per heavy atom. The van der Waals surface area contributed by atoms with E-state index in [4.69, 9.17) is 0 Å². The number of rotatable bonds is 5. The number of halogens is 1. The number of hydrogen-bond acceptors (Lipinski definition) is 4. The molecular weight excluding hydrogens is 347 g/mol. The Balaban J connectivity index is 1.66. The smallest absolute Gasteiger partial charge is 0.243 e. The van der Waals surface area contributed by atoms with Crippen LogP contribution in [0.4, 0.5) is 10.2 Å². The molecule has 9 heteroatoms. The number of nitrogens with one attached hydrogen (secondary N) is 1. The number of aryl methyl sites for hydroxylation is 1. The van der Waals surface area contributed by atoms with Crippen LogP contribution >= 0.6 is 0 Å². The van der Waals surface area contributed by atoms with Crippen molar-refractivity contribution in [1.29, 1.82) is 0 Å². The van der Waals surface area contributed by atoms with Crippen LogP contribution in [-0.4, -0.2) is 41.5 Å². The number of amides is 1. The highest BCUT2D eigenvalue weighted by atomic mass is 32.2. The summed E-state index contributed by atoms with van der Waals surface area (Å²) in [7, 11) is -3.73. The number of hydrogen-bond donors (Lipinski definition) is 1. The molecule has 1 atom stereocenters. The minimum Gasteiger partial charge on any atom is -0.309 e. The lowest BCUT2D eigenvalue weighted by Gasteiger charge is -2.16. The number of aromatic nitrogens is 2. The predicted molar refractivity (Wildman–Crippen MR) is 89.8 cm³/mol. The zero-order valence-electron chi connectivity index (χ0n) is 13.7. The van der Waals surface area contributed by atoms with E-state index >= 15 is 0 Å². The molecule has 1 amide bonds. The van der Waals surface area contributed by atoms with Gasteiger partial charge in [0, 0.05) is 31.9 Å². The molecule has 2 heterocycles. The van der Waals surface area contributed by atoms with E-state index in [0.717, 1.165) is 12.1 Å². The summed E-state index contributed by atoms with van der Waals surface area (Å²) in [5, 5.41) is 6.90. The van der Waals surface area contributed by atoms with Crippen molar-refractivity contribution in [3.63, 3.8) is 0 Å². The average molecular weight is 366 g/mol. The Bertz CT molecular complexity index is 864. The summed E-state index contributed by atoms with van der Waals surface area (Å²) in [6.45, 7) is 2.98. The lowest BCUT2D eigenvalue weighted by Crippen LogP contribution is -2.31. The van der Waals surface area contributed by atoms with Crippen molar-refractivity contribution < 1.29 is 17.6 Å². The van der Waals surface area contributed by atoms with E-state index in [1.807, 2.05) is 6.92 Å². The minimum absolute atomic E-state index is 0.0247. The van der Waals surface area contributed by atoms with Gasteiger partial charge in [-0.2, -0.15) is 9.40 Å². The molecule has 0 aliphatic carbocycles. The highest BCUT2D eigenvalue weighted by Crippen LogP contribution is 2.25. The first kappa shape index (κ1) is 17.6. The normalized spacial score (nSPS) is 18.4. The van der Waals surface area contributed by atoms with Gasteiger partial charge < -0.3 is 5.32 Å². The molecule has 1 aliphatic rings. The topological polar surface area (TPSA) is 84.3 Å². The van der Waals surface area contributed by atoms with Crippen molar-refractivity contribution in [3.8, 4) is 0 Å². The summed E-state index contributed by atoms with van der Waals surface area (Å²) < 4.78 is 41.1. The second-order valence-corrected chi connectivity index (χ2v) is 7.79. The van der Waals surface area contributed by atoms with Crippen LogP contribution in [0.5, 0.6) is 0 Å². The molecule has 1 fully saturated rings. The second-order valence-electron chi connectivity index (χ2n) is 5.85. The molecule has 1 N–H and O–H groups in total. The van der Waals surface area contributed by atoms with Gasteiger partial charge in [-0.15, -0.1) is 0 Å². The van der Waals surface area contributed by atoms with Gasteiger partial charge in [-0.1, -0.05) is 0 Å². The van der Waals surface area contributed by atoms with Crippen LogP contribution in [0.2, 0.25) is 0 Å². The summed E-state index contributed by atoms with van der Waals surface area (Å²) in [5.74, 6) is -0.740. The van der Waals surface area contributed by atoms with E-state index in [1.165, 1.54) is 16.4 Å². The Hall–Kier alpha value is -2.26. The van der Waals surface area contributed by atoms with Crippen LogP contribution in [0.3, 0.4) is 0 Å². The molecule has 0 bridgehead atoms. The highest BCUT2D eigenvalue weighted by molar-refractivity contribution is 7.89. The van der Waals surface area contributed by atoms with Gasteiger partial charge in [0.25, 0.3) is 0 Å². The molecule has 0 radical (unpaired) electrons. The zero-order valence-corrected chi connectivity index (χ0v) is 14.5. The summed E-state index contributed by atoms with van der Waals surface area (Å²) in [5.41, 5.74) is 0. The van der Waals surface area contributed by atoms with E-state index in [2.05, 4.69) is 10.4 Å². The fourth-order valence-electron chi connectivity index (χ4n) is 2.75. The van der Waals surface area contributed by atoms with Gasteiger partial charge in [0.2, 0.25) is 15.9 Å². The van der Waals surface area contributed by atoms with Crippen molar-refractivity contribution in [2.45, 2.75) is 24.8 Å². The Kier molecular flexibility index (Phi) is 4.87. The molecule has 0 spiro atoms. The van der Waals surface area contributed by atoms with E-state index in [1.54, 1.807) is 16.9 Å². The molecule has 25 heavy (non-hydrogen) atoms. The predicted octanol–water partition coefficient (Wildman–Crippen LogP) is 1.69. The van der Waals surface area contributed by atoms with E-state index in [-0.39, 0.29) is 23.9 Å². The summed E-state index contributed by atoms with van der Waals surface area (Å²) in [6, 6.07) is 6.38. The molecule has 134 valence electrons. The quantitative estimate of drug-likeness (QED) is 0.873. The van der Waals surface area contributed by atoms with Crippen LogP contribution in [0.25, 0.3) is 0 Å². The standard InChI is InChI=1S/C16H19FN4O3S/c1-2-20-9-8-15(19-20)18-16(22)12-7-10-21(11-12)25(23,24)14-5-3-13(17)4-6-14/h3-6,8-9,12H,2,7,10-11H2,1H3,(H,18,19,22)/t12-/m1/s1. The SMILES string of the molecule is CCn1ccc(NC(=O)[C@@H]2CCN(S(=O)(=O)c3ccc(F)cc3)C2)n1. The Labute approximate surface area is 145 Å². The lowest BCUT2D eigenvalue weighted by atomic mass is 10.1. The summed E-state index contributed by atoms with van der Waals surface area (Å²) in [4.78, 5) is 12.4. The van der Waals surface area contributed by atoms with E-state index in [0.29, 0.717) is 18.8 Å². The fraction of sp³-hybridized carbons (Fsp3) is 0.375. The molecule has 1 aliphatic heterocycles. The molecule has 3 rings (SSSR count). The van der Waals surface area contributed by atoms with Crippen LogP contribution in [0.1, 0.15) is 13.3 Å².